The van der Waals surface area contributed by atoms with E-state index in [0.29, 0.717) is 41.2 Å². The summed E-state index contributed by atoms with van der Waals surface area (Å²) in [6.45, 7) is 0.726. The maximum absolute atomic E-state index is 13.7. The van der Waals surface area contributed by atoms with Crippen LogP contribution >= 0.6 is 0 Å². The van der Waals surface area contributed by atoms with E-state index in [4.69, 9.17) is 9.52 Å². The number of carbonyl (C=O) groups is 3. The Morgan fingerprint density at radius 2 is 1.78 bits per heavy atom. The number of anilines is 1. The fraction of sp³-hybridized carbons (Fsp3) is 0.324. The number of benzene rings is 2. The predicted molar refractivity (Wildman–Crippen MR) is 171 cm³/mol. The summed E-state index contributed by atoms with van der Waals surface area (Å²) in [5.74, 6) is 0.331. The van der Waals surface area contributed by atoms with Gasteiger partial charge in [-0.2, -0.15) is 5.10 Å². The molecule has 11 heteroatoms. The summed E-state index contributed by atoms with van der Waals surface area (Å²) in [4.78, 5) is 45.9. The molecule has 1 aliphatic heterocycles. The highest BCUT2D eigenvalue weighted by Crippen LogP contribution is 2.38. The molecule has 7 rings (SSSR count). The van der Waals surface area contributed by atoms with Gasteiger partial charge in [-0.25, -0.2) is 9.67 Å². The zero-order valence-corrected chi connectivity index (χ0v) is 25.3. The van der Waals surface area contributed by atoms with Crippen molar-refractivity contribution in [3.8, 4) is 5.82 Å². The molecule has 3 amide bonds. The largest absolute Gasteiger partial charge is 0.451 e. The highest BCUT2D eigenvalue weighted by Gasteiger charge is 2.49. The van der Waals surface area contributed by atoms with Crippen molar-refractivity contribution in [2.75, 3.05) is 32.5 Å². The van der Waals surface area contributed by atoms with Crippen molar-refractivity contribution in [2.24, 2.45) is 0 Å². The monoisotopic (exact) mass is 605 g/mol. The molecule has 230 valence electrons. The topological polar surface area (TPSA) is 134 Å². The minimum absolute atomic E-state index is 0.188. The summed E-state index contributed by atoms with van der Waals surface area (Å²) in [5, 5.41) is 15.2. The summed E-state index contributed by atoms with van der Waals surface area (Å²) in [6.07, 6.45) is 7.59. The van der Waals surface area contributed by atoms with Crippen LogP contribution in [0.15, 0.2) is 71.3 Å². The number of likely N-dealkylation sites (N-methyl/N-ethyl adjacent to an activating group) is 1. The van der Waals surface area contributed by atoms with E-state index in [0.717, 1.165) is 35.3 Å². The minimum atomic E-state index is -1.11. The van der Waals surface area contributed by atoms with Crippen molar-refractivity contribution in [2.45, 2.75) is 43.6 Å². The molecule has 0 unspecified atom stereocenters. The molecule has 2 aliphatic rings. The van der Waals surface area contributed by atoms with Crippen molar-refractivity contribution in [1.82, 2.24) is 30.3 Å². The highest BCUT2D eigenvalue weighted by molar-refractivity contribution is 6.06. The van der Waals surface area contributed by atoms with Gasteiger partial charge in [-0.15, -0.1) is 0 Å². The molecule has 1 saturated heterocycles. The zero-order chi connectivity index (χ0) is 31.1. The number of likely N-dealkylation sites (tertiary alicyclic amines) is 1. The standard InChI is InChI=1S/C34H35N7O4/c1-35-32(43)28-18-23-16-24(12-14-27(23)45-28)37-33(44)34(19-40(2)20-34)38-31(42)22-11-13-25-26(17-22)39-41(29-10-6-7-15-36-29)30(25)21-8-4-3-5-9-21/h6-7,10-18,21H,3-5,8-9,19-20H2,1-2H3,(H,35,43)(H,37,44)(H,38,42). The van der Waals surface area contributed by atoms with E-state index in [1.807, 2.05) is 47.0 Å². The van der Waals surface area contributed by atoms with Crippen molar-refractivity contribution in [1.29, 1.82) is 0 Å². The van der Waals surface area contributed by atoms with Crippen LogP contribution in [0.4, 0.5) is 5.69 Å². The number of amides is 3. The number of carbonyl (C=O) groups excluding carboxylic acids is 3. The van der Waals surface area contributed by atoms with Crippen molar-refractivity contribution >= 4 is 45.3 Å². The minimum Gasteiger partial charge on any atom is -0.451 e. The summed E-state index contributed by atoms with van der Waals surface area (Å²) >= 11 is 0. The second kappa shape index (κ2) is 11.5. The van der Waals surface area contributed by atoms with Crippen LogP contribution in [0.5, 0.6) is 0 Å². The van der Waals surface area contributed by atoms with E-state index < -0.39 is 5.54 Å². The second-order valence-electron chi connectivity index (χ2n) is 12.2. The molecule has 0 atom stereocenters. The maximum Gasteiger partial charge on any atom is 0.286 e. The van der Waals surface area contributed by atoms with Gasteiger partial charge in [0.25, 0.3) is 17.7 Å². The van der Waals surface area contributed by atoms with Crippen molar-refractivity contribution < 1.29 is 18.8 Å². The van der Waals surface area contributed by atoms with Gasteiger partial charge in [0.05, 0.1) is 11.2 Å². The first-order valence-corrected chi connectivity index (χ1v) is 15.4. The van der Waals surface area contributed by atoms with Crippen LogP contribution in [-0.2, 0) is 4.79 Å². The van der Waals surface area contributed by atoms with E-state index in [-0.39, 0.29) is 23.5 Å². The molecule has 1 aliphatic carbocycles. The Morgan fingerprint density at radius 1 is 0.956 bits per heavy atom. The molecule has 2 aromatic carbocycles. The summed E-state index contributed by atoms with van der Waals surface area (Å²) in [7, 11) is 3.44. The van der Waals surface area contributed by atoms with Crippen molar-refractivity contribution in [3.05, 3.63) is 83.9 Å². The molecule has 11 nitrogen and oxygen atoms in total. The third kappa shape index (κ3) is 5.33. The number of hydrogen-bond acceptors (Lipinski definition) is 7. The molecule has 0 radical (unpaired) electrons. The van der Waals surface area contributed by atoms with Gasteiger partial charge in [-0.05, 0) is 68.4 Å². The van der Waals surface area contributed by atoms with Gasteiger partial charge in [0.2, 0.25) is 0 Å². The Balaban J connectivity index is 1.14. The quantitative estimate of drug-likeness (QED) is 0.246. The average molecular weight is 606 g/mol. The molecule has 0 spiro atoms. The molecular weight excluding hydrogens is 570 g/mol. The predicted octanol–water partition coefficient (Wildman–Crippen LogP) is 4.63. The van der Waals surface area contributed by atoms with Crippen LogP contribution in [0.25, 0.3) is 27.7 Å². The van der Waals surface area contributed by atoms with Gasteiger partial charge in [0.15, 0.2) is 11.6 Å². The molecule has 5 aromatic rings. The third-order valence-corrected chi connectivity index (χ3v) is 8.92. The van der Waals surface area contributed by atoms with Gasteiger partial charge in [-0.1, -0.05) is 31.4 Å². The summed E-state index contributed by atoms with van der Waals surface area (Å²) in [5.41, 5.74) is 2.26. The Morgan fingerprint density at radius 3 is 2.51 bits per heavy atom. The second-order valence-corrected chi connectivity index (χ2v) is 12.2. The van der Waals surface area contributed by atoms with E-state index >= 15 is 0 Å². The Kier molecular flexibility index (Phi) is 7.33. The average Bonchev–Trinajstić information content (AvgIpc) is 3.65. The van der Waals surface area contributed by atoms with Crippen LogP contribution in [0, 0.1) is 0 Å². The number of hydrogen-bond donors (Lipinski definition) is 3. The lowest BCUT2D eigenvalue weighted by Gasteiger charge is -2.47. The lowest BCUT2D eigenvalue weighted by atomic mass is 9.85. The molecule has 4 heterocycles. The van der Waals surface area contributed by atoms with E-state index in [1.54, 1.807) is 36.5 Å². The van der Waals surface area contributed by atoms with E-state index in [1.165, 1.54) is 26.3 Å². The number of nitrogens with one attached hydrogen (secondary N) is 3. The first kappa shape index (κ1) is 28.7. The van der Waals surface area contributed by atoms with Crippen LogP contribution < -0.4 is 16.0 Å². The number of nitrogens with zero attached hydrogens (tertiary/aromatic N) is 4. The third-order valence-electron chi connectivity index (χ3n) is 8.92. The lowest BCUT2D eigenvalue weighted by molar-refractivity contribution is -0.128. The number of aromatic nitrogens is 3. The number of pyridine rings is 1. The Labute approximate surface area is 260 Å². The molecule has 1 saturated carbocycles. The van der Waals surface area contributed by atoms with Gasteiger partial charge < -0.3 is 25.3 Å². The van der Waals surface area contributed by atoms with E-state index in [9.17, 15) is 14.4 Å². The maximum atomic E-state index is 13.7. The van der Waals surface area contributed by atoms with Crippen LogP contribution in [-0.4, -0.2) is 70.1 Å². The molecule has 2 fully saturated rings. The van der Waals surface area contributed by atoms with Crippen LogP contribution in [0.1, 0.15) is 64.6 Å². The van der Waals surface area contributed by atoms with Gasteiger partial charge >= 0.3 is 0 Å². The smallest absolute Gasteiger partial charge is 0.286 e. The Bertz CT molecular complexity index is 1920. The highest BCUT2D eigenvalue weighted by atomic mass is 16.3. The van der Waals surface area contributed by atoms with E-state index in [2.05, 4.69) is 20.9 Å². The SMILES string of the molecule is CNC(=O)c1cc2cc(NC(=O)C3(NC(=O)c4ccc5c(C6CCCCC6)n(-c6ccccn6)nc5c4)CN(C)C3)ccc2o1. The van der Waals surface area contributed by atoms with Gasteiger partial charge in [0, 0.05) is 54.3 Å². The fourth-order valence-electron chi connectivity index (χ4n) is 6.72. The fourth-order valence-corrected chi connectivity index (χ4v) is 6.72. The number of furan rings is 1. The van der Waals surface area contributed by atoms with Gasteiger partial charge in [0.1, 0.15) is 11.1 Å². The number of fused-ring (bicyclic) bond motifs is 2. The Hall–Kier alpha value is -5.03. The molecule has 3 N–H and O–H groups in total. The van der Waals surface area contributed by atoms with Crippen LogP contribution in [0.3, 0.4) is 0 Å². The summed E-state index contributed by atoms with van der Waals surface area (Å²) in [6, 6.07) is 18.2. The van der Waals surface area contributed by atoms with Crippen molar-refractivity contribution in [3.63, 3.8) is 0 Å². The lowest BCUT2D eigenvalue weighted by Crippen LogP contribution is -2.74. The molecule has 45 heavy (non-hydrogen) atoms. The summed E-state index contributed by atoms with van der Waals surface area (Å²) < 4.78 is 7.53. The van der Waals surface area contributed by atoms with Crippen LogP contribution in [0.2, 0.25) is 0 Å². The first-order valence-electron chi connectivity index (χ1n) is 15.4. The molecule has 0 bridgehead atoms. The zero-order valence-electron chi connectivity index (χ0n) is 25.3. The number of rotatable bonds is 7. The molecular formula is C34H35N7O4. The van der Waals surface area contributed by atoms with Gasteiger partial charge in [-0.3, -0.25) is 14.4 Å². The molecule has 3 aromatic heterocycles. The first-order chi connectivity index (χ1) is 21.8. The normalized spacial score (nSPS) is 16.8.